The molecule has 0 radical (unpaired) electrons. The Morgan fingerprint density at radius 3 is 2.39 bits per heavy atom. The molecule has 0 atom stereocenters. The summed E-state index contributed by atoms with van der Waals surface area (Å²) in [4.78, 5) is 23.3. The van der Waals surface area contributed by atoms with Crippen molar-refractivity contribution >= 4 is 11.8 Å². The predicted molar refractivity (Wildman–Crippen MR) is 65.1 cm³/mol. The first-order chi connectivity index (χ1) is 8.43. The summed E-state index contributed by atoms with van der Waals surface area (Å²) in [5, 5.41) is 9.98. The highest BCUT2D eigenvalue weighted by atomic mass is 16.5. The van der Waals surface area contributed by atoms with Crippen LogP contribution in [0.2, 0.25) is 0 Å². The van der Waals surface area contributed by atoms with Gasteiger partial charge in [-0.2, -0.15) is 0 Å². The summed E-state index contributed by atoms with van der Waals surface area (Å²) in [6.07, 6.45) is 0. The van der Waals surface area contributed by atoms with Gasteiger partial charge in [0, 0.05) is 0 Å². The Labute approximate surface area is 105 Å². The number of ketones is 1. The number of ether oxygens (including phenoxy) is 2. The smallest absolute Gasteiger partial charge is 0.379 e. The summed E-state index contributed by atoms with van der Waals surface area (Å²) >= 11 is 0. The molecule has 0 aliphatic carbocycles. The largest absolute Gasteiger partial charge is 0.504 e. The fourth-order valence-corrected chi connectivity index (χ4v) is 1.79. The third kappa shape index (κ3) is 2.45. The highest BCUT2D eigenvalue weighted by Crippen LogP contribution is 2.35. The maximum absolute atomic E-state index is 11.9. The number of carbonyl (C=O) groups excluding carboxylic acids is 2. The summed E-state index contributed by atoms with van der Waals surface area (Å²) in [5.41, 5.74) is 1.12. The van der Waals surface area contributed by atoms with E-state index in [1.165, 1.54) is 7.11 Å². The molecule has 5 heteroatoms. The van der Waals surface area contributed by atoms with E-state index in [9.17, 15) is 14.7 Å². The predicted octanol–water partition coefficient (Wildman–Crippen LogP) is 1.76. The second kappa shape index (κ2) is 5.53. The fraction of sp³-hybridized carbons (Fsp3) is 0.385. The lowest BCUT2D eigenvalue weighted by Gasteiger charge is -2.13. The van der Waals surface area contributed by atoms with Crippen molar-refractivity contribution in [3.05, 3.63) is 22.8 Å². The van der Waals surface area contributed by atoms with Gasteiger partial charge in [0.15, 0.2) is 11.5 Å². The lowest BCUT2D eigenvalue weighted by molar-refractivity contribution is -0.137. The van der Waals surface area contributed by atoms with Crippen LogP contribution in [-0.4, -0.2) is 30.6 Å². The topological polar surface area (TPSA) is 72.8 Å². The van der Waals surface area contributed by atoms with Crippen LogP contribution in [0.5, 0.6) is 11.5 Å². The maximum atomic E-state index is 11.9. The zero-order chi connectivity index (χ0) is 13.9. The van der Waals surface area contributed by atoms with Gasteiger partial charge in [0.1, 0.15) is 0 Å². The van der Waals surface area contributed by atoms with Gasteiger partial charge in [-0.15, -0.1) is 0 Å². The number of aromatic hydroxyl groups is 1. The van der Waals surface area contributed by atoms with E-state index in [1.807, 2.05) is 0 Å². The molecular weight excluding hydrogens is 236 g/mol. The van der Waals surface area contributed by atoms with Crippen molar-refractivity contribution in [2.24, 2.45) is 0 Å². The van der Waals surface area contributed by atoms with Crippen molar-refractivity contribution < 1.29 is 24.2 Å². The number of phenols is 1. The number of benzene rings is 1. The van der Waals surface area contributed by atoms with Crippen molar-refractivity contribution in [2.45, 2.75) is 20.8 Å². The van der Waals surface area contributed by atoms with E-state index in [4.69, 9.17) is 4.74 Å². The molecule has 0 saturated carbocycles. The summed E-state index contributed by atoms with van der Waals surface area (Å²) in [6.45, 7) is 5.09. The second-order valence-electron chi connectivity index (χ2n) is 3.82. The monoisotopic (exact) mass is 252 g/mol. The molecule has 0 unspecified atom stereocenters. The van der Waals surface area contributed by atoms with Gasteiger partial charge >= 0.3 is 5.97 Å². The van der Waals surface area contributed by atoms with Crippen molar-refractivity contribution in [3.8, 4) is 11.5 Å². The number of aryl methyl sites for hydroxylation is 2. The van der Waals surface area contributed by atoms with Crippen LogP contribution in [0.1, 0.15) is 28.4 Å². The lowest BCUT2D eigenvalue weighted by Crippen LogP contribution is -2.19. The zero-order valence-corrected chi connectivity index (χ0v) is 10.9. The number of Topliss-reactive ketones (excluding diaryl/α,β-unsaturated/α-hetero) is 1. The molecule has 1 aromatic rings. The van der Waals surface area contributed by atoms with E-state index in [0.717, 1.165) is 0 Å². The number of hydrogen-bond donors (Lipinski definition) is 1. The first kappa shape index (κ1) is 14.0. The van der Waals surface area contributed by atoms with Gasteiger partial charge in [-0.05, 0) is 31.9 Å². The molecule has 98 valence electrons. The molecule has 0 fully saturated rings. The number of carbonyl (C=O) groups is 2. The average Bonchev–Trinajstić information content (AvgIpc) is 2.29. The third-order valence-electron chi connectivity index (χ3n) is 2.53. The standard InChI is InChI=1S/C13H16O5/c1-5-18-13(16)11(15)9-7(2)6-8(3)12(17-4)10(9)14/h6,14H,5H2,1-4H3. The number of hydrogen-bond acceptors (Lipinski definition) is 5. The van der Waals surface area contributed by atoms with Crippen LogP contribution < -0.4 is 4.74 Å². The summed E-state index contributed by atoms with van der Waals surface area (Å²) in [5.74, 6) is -1.99. The molecule has 0 bridgehead atoms. The quantitative estimate of drug-likeness (QED) is 0.502. The molecule has 0 amide bonds. The normalized spacial score (nSPS) is 10.0. The first-order valence-electron chi connectivity index (χ1n) is 5.52. The zero-order valence-electron chi connectivity index (χ0n) is 10.9. The Hall–Kier alpha value is -2.04. The van der Waals surface area contributed by atoms with Gasteiger partial charge in [-0.1, -0.05) is 6.07 Å². The van der Waals surface area contributed by atoms with Crippen LogP contribution >= 0.6 is 0 Å². The molecule has 1 rings (SSSR count). The fourth-order valence-electron chi connectivity index (χ4n) is 1.79. The molecule has 0 saturated heterocycles. The first-order valence-corrected chi connectivity index (χ1v) is 5.52. The molecule has 0 aliphatic rings. The van der Waals surface area contributed by atoms with Gasteiger partial charge in [0.25, 0.3) is 5.78 Å². The highest BCUT2D eigenvalue weighted by Gasteiger charge is 2.26. The second-order valence-corrected chi connectivity index (χ2v) is 3.82. The number of phenolic OH excluding ortho intramolecular Hbond substituents is 1. The number of esters is 1. The maximum Gasteiger partial charge on any atom is 0.379 e. The number of rotatable bonds is 4. The summed E-state index contributed by atoms with van der Waals surface area (Å²) in [6, 6.07) is 1.67. The van der Waals surface area contributed by atoms with E-state index >= 15 is 0 Å². The van der Waals surface area contributed by atoms with Crippen LogP contribution in [0, 0.1) is 13.8 Å². The molecule has 5 nitrogen and oxygen atoms in total. The molecule has 0 spiro atoms. The molecule has 18 heavy (non-hydrogen) atoms. The van der Waals surface area contributed by atoms with Gasteiger partial charge in [0.05, 0.1) is 19.3 Å². The van der Waals surface area contributed by atoms with Gasteiger partial charge in [-0.3, -0.25) is 4.79 Å². The van der Waals surface area contributed by atoms with Crippen LogP contribution in [0.4, 0.5) is 0 Å². The van der Waals surface area contributed by atoms with E-state index in [2.05, 4.69) is 4.74 Å². The highest BCUT2D eigenvalue weighted by molar-refractivity contribution is 6.41. The molecule has 0 aromatic heterocycles. The molecule has 1 aromatic carbocycles. The molecular formula is C13H16O5. The summed E-state index contributed by atoms with van der Waals surface area (Å²) < 4.78 is 9.64. The Kier molecular flexibility index (Phi) is 4.31. The van der Waals surface area contributed by atoms with E-state index in [0.29, 0.717) is 11.1 Å². The minimum Gasteiger partial charge on any atom is -0.504 e. The molecule has 0 aliphatic heterocycles. The average molecular weight is 252 g/mol. The van der Waals surface area contributed by atoms with Crippen LogP contribution in [0.3, 0.4) is 0 Å². The van der Waals surface area contributed by atoms with Crippen molar-refractivity contribution in [1.29, 1.82) is 0 Å². The van der Waals surface area contributed by atoms with Crippen LogP contribution in [0.25, 0.3) is 0 Å². The van der Waals surface area contributed by atoms with E-state index in [-0.39, 0.29) is 23.7 Å². The third-order valence-corrected chi connectivity index (χ3v) is 2.53. The Morgan fingerprint density at radius 1 is 1.28 bits per heavy atom. The minimum atomic E-state index is -0.984. The molecule has 0 heterocycles. The van der Waals surface area contributed by atoms with Gasteiger partial charge < -0.3 is 14.6 Å². The van der Waals surface area contributed by atoms with Crippen molar-refractivity contribution in [3.63, 3.8) is 0 Å². The summed E-state index contributed by atoms with van der Waals surface area (Å²) in [7, 11) is 1.38. The Balaban J connectivity index is 3.32. The van der Waals surface area contributed by atoms with Crippen molar-refractivity contribution in [1.82, 2.24) is 0 Å². The molecule has 1 N–H and O–H groups in total. The van der Waals surface area contributed by atoms with Crippen LogP contribution in [-0.2, 0) is 9.53 Å². The Bertz CT molecular complexity index is 491. The SMILES string of the molecule is CCOC(=O)C(=O)c1c(C)cc(C)c(OC)c1O. The minimum absolute atomic E-state index is 0.0732. The lowest BCUT2D eigenvalue weighted by atomic mass is 9.99. The van der Waals surface area contributed by atoms with Crippen molar-refractivity contribution in [2.75, 3.05) is 13.7 Å². The van der Waals surface area contributed by atoms with E-state index < -0.39 is 11.8 Å². The van der Waals surface area contributed by atoms with Gasteiger partial charge in [-0.25, -0.2) is 4.79 Å². The number of methoxy groups -OCH3 is 1. The van der Waals surface area contributed by atoms with E-state index in [1.54, 1.807) is 26.8 Å². The van der Waals surface area contributed by atoms with Crippen LogP contribution in [0.15, 0.2) is 6.07 Å². The van der Waals surface area contributed by atoms with Gasteiger partial charge in [0.2, 0.25) is 0 Å². The Morgan fingerprint density at radius 2 is 1.89 bits per heavy atom.